The number of aliphatic hydroxyl groups is 2. The molecule has 4 aliphatic carbocycles. The second kappa shape index (κ2) is 5.00. The molecule has 0 unspecified atom stereocenters. The molecule has 2 N–H and O–H groups in total. The molecule has 5 heteroatoms. The number of hydrogen-bond donors (Lipinski definition) is 2. The van der Waals surface area contributed by atoms with Crippen molar-refractivity contribution in [1.29, 1.82) is 0 Å². The molecule has 0 aromatic heterocycles. The van der Waals surface area contributed by atoms with Crippen molar-refractivity contribution in [1.82, 2.24) is 0 Å². The molecule has 1 aliphatic heterocycles. The van der Waals surface area contributed by atoms with Crippen molar-refractivity contribution in [3.63, 3.8) is 0 Å². The number of epoxide rings is 1. The third kappa shape index (κ3) is 1.73. The highest BCUT2D eigenvalue weighted by molar-refractivity contribution is 6.01. The molecule has 0 aromatic carbocycles. The van der Waals surface area contributed by atoms with E-state index in [1.807, 2.05) is 19.9 Å². The highest BCUT2D eigenvalue weighted by atomic mass is 16.6. The number of carbonyl (C=O) groups excluding carboxylic acids is 2. The van der Waals surface area contributed by atoms with Gasteiger partial charge in [-0.25, -0.2) is 0 Å². The lowest BCUT2D eigenvalue weighted by atomic mass is 9.46. The van der Waals surface area contributed by atoms with Gasteiger partial charge in [-0.05, 0) is 62.5 Å². The van der Waals surface area contributed by atoms with Crippen LogP contribution in [-0.2, 0) is 14.3 Å². The second-order valence-corrected chi connectivity index (χ2v) is 9.86. The van der Waals surface area contributed by atoms with E-state index in [4.69, 9.17) is 4.74 Å². The van der Waals surface area contributed by atoms with E-state index < -0.39 is 23.4 Å². The van der Waals surface area contributed by atoms with Gasteiger partial charge in [0.15, 0.2) is 11.6 Å². The quantitative estimate of drug-likeness (QED) is 0.724. The lowest BCUT2D eigenvalue weighted by Gasteiger charge is -2.55. The van der Waals surface area contributed by atoms with Crippen LogP contribution in [0.5, 0.6) is 0 Å². The van der Waals surface area contributed by atoms with Crippen molar-refractivity contribution >= 4 is 11.6 Å². The van der Waals surface area contributed by atoms with E-state index >= 15 is 0 Å². The standard InChI is InChI=1S/C22H28O5/c1-12-8-16-15-5-4-13-9-14(24)6-7-19(13,2)22(15)18(27-22)10-20(16,3)21(12,26)17(25)11-23/h6-7,9,12,15-16,18,23,26H,4-5,8,10-11H2,1-3H3/t12-,15+,16+,18-,19+,20+,21+,22-/m1/s1. The summed E-state index contributed by atoms with van der Waals surface area (Å²) < 4.78 is 6.43. The SMILES string of the molecule is C[C@@H]1C[C@H]2[C@@H]3CCC4=CC(=O)C=C[C@]4(C)[C@@]34O[C@@H]4C[C@]2(C)[C@@]1(O)C(=O)CO. The molecule has 1 heterocycles. The number of allylic oxidation sites excluding steroid dienone is 2. The number of ketones is 2. The monoisotopic (exact) mass is 372 g/mol. The maximum absolute atomic E-state index is 12.6. The van der Waals surface area contributed by atoms with Crippen molar-refractivity contribution in [3.05, 3.63) is 23.8 Å². The Morgan fingerprint density at radius 1 is 1.33 bits per heavy atom. The van der Waals surface area contributed by atoms with E-state index in [-0.39, 0.29) is 40.7 Å². The Hall–Kier alpha value is -1.30. The molecule has 4 fully saturated rings. The van der Waals surface area contributed by atoms with Crippen LogP contribution < -0.4 is 0 Å². The maximum Gasteiger partial charge on any atom is 0.190 e. The fourth-order valence-electron chi connectivity index (χ4n) is 7.70. The average Bonchev–Trinajstić information content (AvgIpc) is 3.31. The minimum atomic E-state index is -1.50. The van der Waals surface area contributed by atoms with Crippen LogP contribution >= 0.6 is 0 Å². The first-order valence-electron chi connectivity index (χ1n) is 10.1. The number of fused-ring (bicyclic) bond motifs is 3. The molecule has 0 amide bonds. The fourth-order valence-corrected chi connectivity index (χ4v) is 7.70. The normalized spacial score (nSPS) is 55.1. The molecule has 146 valence electrons. The molecule has 1 spiro atoms. The Bertz CT molecular complexity index is 814. The Kier molecular flexibility index (Phi) is 3.29. The molecule has 5 aliphatic rings. The summed E-state index contributed by atoms with van der Waals surface area (Å²) >= 11 is 0. The van der Waals surface area contributed by atoms with Gasteiger partial charge in [-0.3, -0.25) is 9.59 Å². The molecule has 1 saturated heterocycles. The topological polar surface area (TPSA) is 87.1 Å². The van der Waals surface area contributed by atoms with Crippen molar-refractivity contribution < 1.29 is 24.5 Å². The summed E-state index contributed by atoms with van der Waals surface area (Å²) in [7, 11) is 0. The van der Waals surface area contributed by atoms with E-state index in [1.54, 1.807) is 12.2 Å². The Labute approximate surface area is 159 Å². The summed E-state index contributed by atoms with van der Waals surface area (Å²) in [5.41, 5.74) is -1.55. The van der Waals surface area contributed by atoms with Crippen LogP contribution in [0.2, 0.25) is 0 Å². The predicted octanol–water partition coefficient (Wildman–Crippen LogP) is 1.96. The number of Topliss-reactive ketones (excluding diaryl/α,β-unsaturated/α-hetero) is 1. The third-order valence-corrected chi connectivity index (χ3v) is 9.08. The van der Waals surface area contributed by atoms with E-state index in [0.717, 1.165) is 24.8 Å². The Balaban J connectivity index is 1.60. The lowest BCUT2D eigenvalue weighted by Crippen LogP contribution is -2.62. The van der Waals surface area contributed by atoms with Gasteiger partial charge in [0, 0.05) is 10.8 Å². The number of rotatable bonds is 2. The predicted molar refractivity (Wildman–Crippen MR) is 97.7 cm³/mol. The molecule has 5 rings (SSSR count). The van der Waals surface area contributed by atoms with Crippen molar-refractivity contribution in [2.24, 2.45) is 28.6 Å². The molecular weight excluding hydrogens is 344 g/mol. The number of hydrogen-bond acceptors (Lipinski definition) is 5. The van der Waals surface area contributed by atoms with Crippen LogP contribution in [0.4, 0.5) is 0 Å². The fraction of sp³-hybridized carbons (Fsp3) is 0.727. The van der Waals surface area contributed by atoms with Gasteiger partial charge in [-0.2, -0.15) is 0 Å². The molecular formula is C22H28O5. The van der Waals surface area contributed by atoms with Gasteiger partial charge in [0.25, 0.3) is 0 Å². The zero-order chi connectivity index (χ0) is 19.4. The maximum atomic E-state index is 12.6. The summed E-state index contributed by atoms with van der Waals surface area (Å²) in [4.78, 5) is 24.5. The first-order valence-corrected chi connectivity index (χ1v) is 10.1. The van der Waals surface area contributed by atoms with E-state index in [2.05, 4.69) is 6.92 Å². The van der Waals surface area contributed by atoms with Gasteiger partial charge >= 0.3 is 0 Å². The van der Waals surface area contributed by atoms with Gasteiger partial charge in [-0.1, -0.05) is 25.5 Å². The number of aliphatic hydroxyl groups excluding tert-OH is 1. The first-order chi connectivity index (χ1) is 12.6. The van der Waals surface area contributed by atoms with Crippen LogP contribution in [0.25, 0.3) is 0 Å². The summed E-state index contributed by atoms with van der Waals surface area (Å²) in [6, 6.07) is 0. The summed E-state index contributed by atoms with van der Waals surface area (Å²) in [6.45, 7) is 5.51. The smallest absolute Gasteiger partial charge is 0.190 e. The number of ether oxygens (including phenoxy) is 1. The molecule has 5 nitrogen and oxygen atoms in total. The lowest BCUT2D eigenvalue weighted by molar-refractivity contribution is -0.165. The molecule has 27 heavy (non-hydrogen) atoms. The van der Waals surface area contributed by atoms with Gasteiger partial charge in [0.1, 0.15) is 17.8 Å². The largest absolute Gasteiger partial charge is 0.388 e. The van der Waals surface area contributed by atoms with Gasteiger partial charge in [0.2, 0.25) is 0 Å². The summed E-state index contributed by atoms with van der Waals surface area (Å²) in [6.07, 6.45) is 8.58. The minimum absolute atomic E-state index is 0.0291. The Morgan fingerprint density at radius 2 is 2.07 bits per heavy atom. The average molecular weight is 372 g/mol. The number of carbonyl (C=O) groups is 2. The van der Waals surface area contributed by atoms with Crippen LogP contribution in [0.3, 0.4) is 0 Å². The zero-order valence-electron chi connectivity index (χ0n) is 16.2. The second-order valence-electron chi connectivity index (χ2n) is 9.86. The minimum Gasteiger partial charge on any atom is -0.388 e. The van der Waals surface area contributed by atoms with Crippen molar-refractivity contribution in [2.75, 3.05) is 6.61 Å². The summed E-state index contributed by atoms with van der Waals surface area (Å²) in [5, 5.41) is 21.0. The van der Waals surface area contributed by atoms with Crippen LogP contribution in [0.1, 0.15) is 46.5 Å². The highest BCUT2D eigenvalue weighted by Gasteiger charge is 2.81. The van der Waals surface area contributed by atoms with E-state index in [1.165, 1.54) is 0 Å². The van der Waals surface area contributed by atoms with Crippen LogP contribution in [0.15, 0.2) is 23.8 Å². The first kappa shape index (κ1) is 17.8. The van der Waals surface area contributed by atoms with Crippen LogP contribution in [0, 0.1) is 28.6 Å². The highest BCUT2D eigenvalue weighted by Crippen LogP contribution is 2.76. The van der Waals surface area contributed by atoms with Gasteiger partial charge in [0.05, 0.1) is 6.10 Å². The van der Waals surface area contributed by atoms with Gasteiger partial charge < -0.3 is 14.9 Å². The molecule has 0 aromatic rings. The van der Waals surface area contributed by atoms with E-state index in [0.29, 0.717) is 6.42 Å². The van der Waals surface area contributed by atoms with Crippen molar-refractivity contribution in [2.45, 2.75) is 63.8 Å². The zero-order valence-corrected chi connectivity index (χ0v) is 16.2. The summed E-state index contributed by atoms with van der Waals surface area (Å²) in [5.74, 6) is -0.193. The van der Waals surface area contributed by atoms with Crippen LogP contribution in [-0.4, -0.2) is 45.7 Å². The van der Waals surface area contributed by atoms with E-state index in [9.17, 15) is 19.8 Å². The molecule has 0 radical (unpaired) electrons. The Morgan fingerprint density at radius 3 is 2.78 bits per heavy atom. The molecule has 3 saturated carbocycles. The third-order valence-electron chi connectivity index (χ3n) is 9.08. The van der Waals surface area contributed by atoms with Crippen molar-refractivity contribution in [3.8, 4) is 0 Å². The molecule has 0 bridgehead atoms. The van der Waals surface area contributed by atoms with Gasteiger partial charge in [-0.15, -0.1) is 0 Å². The molecule has 8 atom stereocenters.